The molecule has 2 rings (SSSR count). The molecule has 0 radical (unpaired) electrons. The van der Waals surface area contributed by atoms with Gasteiger partial charge in [-0.15, -0.1) is 0 Å². The monoisotopic (exact) mass is 315 g/mol. The Kier molecular flexibility index (Phi) is 5.30. The predicted octanol–water partition coefficient (Wildman–Crippen LogP) is 2.58. The third-order valence-corrected chi connectivity index (χ3v) is 3.12. The summed E-state index contributed by atoms with van der Waals surface area (Å²) in [5.74, 6) is -0.658. The third kappa shape index (κ3) is 4.81. The molecule has 0 aliphatic carbocycles. The number of amides is 2. The molecule has 120 valence electrons. The van der Waals surface area contributed by atoms with Crippen molar-refractivity contribution in [3.05, 3.63) is 59.9 Å². The van der Waals surface area contributed by atoms with Gasteiger partial charge < -0.3 is 15.5 Å². The highest BCUT2D eigenvalue weighted by Crippen LogP contribution is 2.11. The first kappa shape index (κ1) is 16.5. The molecule has 2 aromatic rings. The summed E-state index contributed by atoms with van der Waals surface area (Å²) in [6, 6.07) is 12.4. The number of nitrogens with one attached hydrogen (secondary N) is 2. The second kappa shape index (κ2) is 7.40. The van der Waals surface area contributed by atoms with E-state index in [1.54, 1.807) is 50.5 Å². The molecule has 0 saturated heterocycles. The van der Waals surface area contributed by atoms with Crippen LogP contribution in [0.4, 0.5) is 15.8 Å². The van der Waals surface area contributed by atoms with Crippen molar-refractivity contribution in [2.24, 2.45) is 0 Å². The Hall–Kier alpha value is -2.89. The van der Waals surface area contributed by atoms with Gasteiger partial charge in [-0.2, -0.15) is 0 Å². The number of hydrogen-bond donors (Lipinski definition) is 2. The zero-order chi connectivity index (χ0) is 16.8. The second-order valence-corrected chi connectivity index (χ2v) is 5.19. The fraction of sp³-hybridized carbons (Fsp3) is 0.176. The Morgan fingerprint density at radius 3 is 2.09 bits per heavy atom. The summed E-state index contributed by atoms with van der Waals surface area (Å²) in [5.41, 5.74) is 1.82. The summed E-state index contributed by atoms with van der Waals surface area (Å²) in [4.78, 5) is 25.1. The van der Waals surface area contributed by atoms with Gasteiger partial charge in [0.1, 0.15) is 5.82 Å². The van der Waals surface area contributed by atoms with Crippen LogP contribution in [0.1, 0.15) is 10.4 Å². The van der Waals surface area contributed by atoms with E-state index in [2.05, 4.69) is 10.6 Å². The highest BCUT2D eigenvalue weighted by molar-refractivity contribution is 5.96. The molecule has 0 bridgehead atoms. The first-order valence-corrected chi connectivity index (χ1v) is 7.07. The van der Waals surface area contributed by atoms with Crippen LogP contribution in [0.25, 0.3) is 0 Å². The number of rotatable bonds is 5. The molecule has 0 aromatic heterocycles. The highest BCUT2D eigenvalue weighted by Gasteiger charge is 2.08. The van der Waals surface area contributed by atoms with Gasteiger partial charge in [-0.25, -0.2) is 4.39 Å². The molecule has 0 unspecified atom stereocenters. The summed E-state index contributed by atoms with van der Waals surface area (Å²) >= 11 is 0. The number of hydrogen-bond acceptors (Lipinski definition) is 3. The van der Waals surface area contributed by atoms with Gasteiger partial charge in [-0.3, -0.25) is 9.59 Å². The lowest BCUT2D eigenvalue weighted by Crippen LogP contribution is -2.22. The Bertz CT molecular complexity index is 682. The average Bonchev–Trinajstić information content (AvgIpc) is 2.54. The van der Waals surface area contributed by atoms with Crippen molar-refractivity contribution < 1.29 is 14.0 Å². The quantitative estimate of drug-likeness (QED) is 0.891. The molecule has 2 N–H and O–H groups in total. The molecule has 5 nitrogen and oxygen atoms in total. The van der Waals surface area contributed by atoms with E-state index in [1.807, 2.05) is 0 Å². The van der Waals surface area contributed by atoms with Crippen molar-refractivity contribution in [2.45, 2.75) is 0 Å². The molecule has 0 heterocycles. The molecule has 0 saturated carbocycles. The summed E-state index contributed by atoms with van der Waals surface area (Å²) in [6.07, 6.45) is 0. The van der Waals surface area contributed by atoms with Gasteiger partial charge in [0.05, 0.1) is 6.54 Å². The molecule has 0 aliphatic rings. The van der Waals surface area contributed by atoms with Crippen molar-refractivity contribution in [1.82, 2.24) is 4.90 Å². The van der Waals surface area contributed by atoms with Gasteiger partial charge in [-0.05, 0) is 48.5 Å². The van der Waals surface area contributed by atoms with Crippen molar-refractivity contribution in [2.75, 3.05) is 31.3 Å². The Labute approximate surface area is 134 Å². The van der Waals surface area contributed by atoms with Gasteiger partial charge in [0.15, 0.2) is 0 Å². The van der Waals surface area contributed by atoms with Gasteiger partial charge >= 0.3 is 0 Å². The molecule has 0 fully saturated rings. The highest BCUT2D eigenvalue weighted by atomic mass is 19.1. The molecule has 2 aromatic carbocycles. The Morgan fingerprint density at radius 2 is 1.52 bits per heavy atom. The smallest absolute Gasteiger partial charge is 0.253 e. The first-order valence-electron chi connectivity index (χ1n) is 7.07. The van der Waals surface area contributed by atoms with E-state index in [0.717, 1.165) is 0 Å². The fourth-order valence-electron chi connectivity index (χ4n) is 1.91. The van der Waals surface area contributed by atoms with Crippen molar-refractivity contribution in [3.63, 3.8) is 0 Å². The van der Waals surface area contributed by atoms with Crippen molar-refractivity contribution in [3.8, 4) is 0 Å². The van der Waals surface area contributed by atoms with Crippen LogP contribution in [-0.2, 0) is 4.79 Å². The maximum Gasteiger partial charge on any atom is 0.253 e. The van der Waals surface area contributed by atoms with Crippen LogP contribution in [0.2, 0.25) is 0 Å². The van der Waals surface area contributed by atoms with E-state index in [0.29, 0.717) is 16.9 Å². The van der Waals surface area contributed by atoms with E-state index >= 15 is 0 Å². The minimum Gasteiger partial charge on any atom is -0.376 e. The largest absolute Gasteiger partial charge is 0.376 e. The number of halogens is 1. The normalized spacial score (nSPS) is 10.0. The van der Waals surface area contributed by atoms with Crippen LogP contribution in [-0.4, -0.2) is 37.4 Å². The fourth-order valence-corrected chi connectivity index (χ4v) is 1.91. The predicted molar refractivity (Wildman–Crippen MR) is 88.0 cm³/mol. The molecular weight excluding hydrogens is 297 g/mol. The van der Waals surface area contributed by atoms with E-state index < -0.39 is 0 Å². The molecule has 23 heavy (non-hydrogen) atoms. The molecule has 2 amide bonds. The number of nitrogens with zero attached hydrogens (tertiary/aromatic N) is 1. The van der Waals surface area contributed by atoms with Gasteiger partial charge in [0.2, 0.25) is 5.91 Å². The Morgan fingerprint density at radius 1 is 0.957 bits per heavy atom. The summed E-state index contributed by atoms with van der Waals surface area (Å²) < 4.78 is 12.8. The van der Waals surface area contributed by atoms with Crippen LogP contribution < -0.4 is 10.6 Å². The van der Waals surface area contributed by atoms with E-state index in [9.17, 15) is 14.0 Å². The SMILES string of the molecule is CN(C)C(=O)c1ccc(NC(=O)CNc2ccc(F)cc2)cc1. The molecule has 0 spiro atoms. The number of anilines is 2. The second-order valence-electron chi connectivity index (χ2n) is 5.19. The third-order valence-electron chi connectivity index (χ3n) is 3.12. The molecule has 6 heteroatoms. The molecule has 0 aliphatic heterocycles. The molecule has 0 atom stereocenters. The van der Waals surface area contributed by atoms with Gasteiger partial charge in [0, 0.05) is 31.0 Å². The van der Waals surface area contributed by atoms with Crippen LogP contribution in [0, 0.1) is 5.82 Å². The number of benzene rings is 2. The summed E-state index contributed by atoms with van der Waals surface area (Å²) in [6.45, 7) is 0.0595. The first-order chi connectivity index (χ1) is 11.0. The lowest BCUT2D eigenvalue weighted by Gasteiger charge is -2.11. The topological polar surface area (TPSA) is 61.4 Å². The lowest BCUT2D eigenvalue weighted by molar-refractivity contribution is -0.114. The standard InChI is InChI=1S/C17H18FN3O2/c1-21(2)17(23)12-3-7-15(8-4-12)20-16(22)11-19-14-9-5-13(18)6-10-14/h3-10,19H,11H2,1-2H3,(H,20,22). The summed E-state index contributed by atoms with van der Waals surface area (Å²) in [7, 11) is 3.36. The minimum atomic E-state index is -0.327. The Balaban J connectivity index is 1.87. The summed E-state index contributed by atoms with van der Waals surface area (Å²) in [5, 5.41) is 5.62. The van der Waals surface area contributed by atoms with Gasteiger partial charge in [0.25, 0.3) is 5.91 Å². The van der Waals surface area contributed by atoms with Gasteiger partial charge in [-0.1, -0.05) is 0 Å². The lowest BCUT2D eigenvalue weighted by atomic mass is 10.2. The average molecular weight is 315 g/mol. The number of carbonyl (C=O) groups excluding carboxylic acids is 2. The van der Waals surface area contributed by atoms with Crippen LogP contribution in [0.5, 0.6) is 0 Å². The maximum atomic E-state index is 12.8. The molecular formula is C17H18FN3O2. The van der Waals surface area contributed by atoms with E-state index in [-0.39, 0.29) is 24.2 Å². The van der Waals surface area contributed by atoms with E-state index in [4.69, 9.17) is 0 Å². The van der Waals surface area contributed by atoms with Crippen LogP contribution in [0.3, 0.4) is 0 Å². The zero-order valence-electron chi connectivity index (χ0n) is 13.0. The minimum absolute atomic E-state index is 0.0595. The van der Waals surface area contributed by atoms with E-state index in [1.165, 1.54) is 17.0 Å². The van der Waals surface area contributed by atoms with Crippen LogP contribution >= 0.6 is 0 Å². The van der Waals surface area contributed by atoms with Crippen LogP contribution in [0.15, 0.2) is 48.5 Å². The zero-order valence-corrected chi connectivity index (χ0v) is 13.0. The van der Waals surface area contributed by atoms with Crippen molar-refractivity contribution in [1.29, 1.82) is 0 Å². The number of carbonyl (C=O) groups is 2. The maximum absolute atomic E-state index is 12.8. The van der Waals surface area contributed by atoms with Crippen molar-refractivity contribution >= 4 is 23.2 Å².